The number of carboxylic acids is 1. The van der Waals surface area contributed by atoms with Gasteiger partial charge >= 0.3 is 5.97 Å². The minimum Gasteiger partial charge on any atom is -0.478 e. The predicted octanol–water partition coefficient (Wildman–Crippen LogP) is 2.68. The highest BCUT2D eigenvalue weighted by Crippen LogP contribution is 2.15. The summed E-state index contributed by atoms with van der Waals surface area (Å²) in [5, 5.41) is 10.5. The van der Waals surface area contributed by atoms with Crippen LogP contribution in [-0.4, -0.2) is 16.9 Å². The van der Waals surface area contributed by atoms with Gasteiger partial charge in [0.25, 0.3) is 0 Å². The molecule has 4 heteroatoms. The van der Waals surface area contributed by atoms with E-state index in [1.54, 1.807) is 6.07 Å². The van der Waals surface area contributed by atoms with Crippen LogP contribution in [0.3, 0.4) is 0 Å². The number of carboxylic acid groups (broad SMARTS) is 1. The van der Waals surface area contributed by atoms with Crippen molar-refractivity contribution < 1.29 is 14.7 Å². The molecular formula is C12H8O3S. The van der Waals surface area contributed by atoms with Crippen LogP contribution in [0.4, 0.5) is 0 Å². The Morgan fingerprint density at radius 1 is 1.00 bits per heavy atom. The molecule has 3 nitrogen and oxygen atoms in total. The number of carbonyl (C=O) groups is 2. The van der Waals surface area contributed by atoms with Gasteiger partial charge in [-0.3, -0.25) is 4.79 Å². The van der Waals surface area contributed by atoms with Crippen LogP contribution in [0.1, 0.15) is 25.6 Å². The van der Waals surface area contributed by atoms with Crippen molar-refractivity contribution in [2.45, 2.75) is 0 Å². The molecule has 0 fully saturated rings. The number of aromatic carboxylic acids is 1. The number of thiophene rings is 1. The number of hydrogen-bond acceptors (Lipinski definition) is 3. The smallest absolute Gasteiger partial charge is 0.335 e. The monoisotopic (exact) mass is 232 g/mol. The van der Waals surface area contributed by atoms with Crippen molar-refractivity contribution in [3.05, 3.63) is 57.8 Å². The molecule has 80 valence electrons. The topological polar surface area (TPSA) is 54.4 Å². The first-order valence-electron chi connectivity index (χ1n) is 4.60. The van der Waals surface area contributed by atoms with Crippen LogP contribution in [0, 0.1) is 0 Å². The van der Waals surface area contributed by atoms with Gasteiger partial charge in [-0.05, 0) is 23.6 Å². The second-order valence-electron chi connectivity index (χ2n) is 3.19. The molecule has 0 spiro atoms. The molecular weight excluding hydrogens is 224 g/mol. The fraction of sp³-hybridized carbons (Fsp3) is 0. The molecule has 2 aromatic rings. The molecule has 1 heterocycles. The third-order valence-corrected chi connectivity index (χ3v) is 3.01. The van der Waals surface area contributed by atoms with E-state index in [-0.39, 0.29) is 11.3 Å². The number of hydrogen-bond donors (Lipinski definition) is 1. The second-order valence-corrected chi connectivity index (χ2v) is 4.14. The Hall–Kier alpha value is -1.94. The zero-order valence-electron chi connectivity index (χ0n) is 8.21. The number of benzene rings is 1. The van der Waals surface area contributed by atoms with E-state index in [4.69, 9.17) is 5.11 Å². The zero-order valence-corrected chi connectivity index (χ0v) is 9.03. The van der Waals surface area contributed by atoms with Crippen LogP contribution < -0.4 is 0 Å². The average Bonchev–Trinajstić information content (AvgIpc) is 2.81. The normalized spacial score (nSPS) is 10.0. The van der Waals surface area contributed by atoms with Crippen LogP contribution in [-0.2, 0) is 0 Å². The maximum absolute atomic E-state index is 11.9. The van der Waals surface area contributed by atoms with Gasteiger partial charge in [0.1, 0.15) is 0 Å². The van der Waals surface area contributed by atoms with E-state index >= 15 is 0 Å². The number of ketones is 1. The minimum absolute atomic E-state index is 0.0769. The fourth-order valence-electron chi connectivity index (χ4n) is 1.31. The van der Waals surface area contributed by atoms with E-state index in [2.05, 4.69) is 0 Å². The first-order chi connectivity index (χ1) is 7.68. The van der Waals surface area contributed by atoms with Crippen molar-refractivity contribution in [2.24, 2.45) is 0 Å². The Bertz CT molecular complexity index is 512. The van der Waals surface area contributed by atoms with Crippen molar-refractivity contribution in [1.82, 2.24) is 0 Å². The molecule has 2 rings (SSSR count). The third kappa shape index (κ3) is 2.01. The lowest BCUT2D eigenvalue weighted by Crippen LogP contribution is -2.01. The van der Waals surface area contributed by atoms with Gasteiger partial charge in [-0.1, -0.05) is 18.2 Å². The molecule has 0 unspecified atom stereocenters. The molecule has 0 bridgehead atoms. The standard InChI is InChI=1S/C12H8O3S/c13-11(10-2-1-7-16-10)8-3-5-9(6-4-8)12(14)15/h1-7H,(H,14,15). The second kappa shape index (κ2) is 4.28. The van der Waals surface area contributed by atoms with Crippen LogP contribution in [0.5, 0.6) is 0 Å². The van der Waals surface area contributed by atoms with Gasteiger partial charge in [0.05, 0.1) is 10.4 Å². The fourth-order valence-corrected chi connectivity index (χ4v) is 2.00. The van der Waals surface area contributed by atoms with Crippen LogP contribution in [0.15, 0.2) is 41.8 Å². The quantitative estimate of drug-likeness (QED) is 0.828. The molecule has 16 heavy (non-hydrogen) atoms. The Balaban J connectivity index is 2.29. The van der Waals surface area contributed by atoms with Crippen LogP contribution in [0.25, 0.3) is 0 Å². The van der Waals surface area contributed by atoms with Crippen molar-refractivity contribution in [2.75, 3.05) is 0 Å². The highest BCUT2D eigenvalue weighted by atomic mass is 32.1. The zero-order chi connectivity index (χ0) is 11.5. The van der Waals surface area contributed by atoms with E-state index in [0.717, 1.165) is 0 Å². The first-order valence-corrected chi connectivity index (χ1v) is 5.48. The lowest BCUT2D eigenvalue weighted by Gasteiger charge is -1.98. The van der Waals surface area contributed by atoms with E-state index < -0.39 is 5.97 Å². The lowest BCUT2D eigenvalue weighted by atomic mass is 10.1. The molecule has 1 N–H and O–H groups in total. The minimum atomic E-state index is -0.991. The van der Waals surface area contributed by atoms with E-state index in [1.165, 1.54) is 35.6 Å². The van der Waals surface area contributed by atoms with Gasteiger partial charge in [-0.25, -0.2) is 4.79 Å². The molecule has 1 aromatic heterocycles. The van der Waals surface area contributed by atoms with Crippen molar-refractivity contribution >= 4 is 23.1 Å². The highest BCUT2D eigenvalue weighted by Gasteiger charge is 2.10. The highest BCUT2D eigenvalue weighted by molar-refractivity contribution is 7.12. The Kier molecular flexibility index (Phi) is 2.83. The third-order valence-electron chi connectivity index (χ3n) is 2.14. The summed E-state index contributed by atoms with van der Waals surface area (Å²) < 4.78 is 0. The molecule has 0 aliphatic carbocycles. The van der Waals surface area contributed by atoms with Gasteiger partial charge in [-0.2, -0.15) is 0 Å². The Morgan fingerprint density at radius 2 is 1.62 bits per heavy atom. The van der Waals surface area contributed by atoms with Gasteiger partial charge in [-0.15, -0.1) is 11.3 Å². The van der Waals surface area contributed by atoms with Gasteiger partial charge in [0.2, 0.25) is 5.78 Å². The van der Waals surface area contributed by atoms with Crippen molar-refractivity contribution in [3.8, 4) is 0 Å². The number of rotatable bonds is 3. The van der Waals surface area contributed by atoms with Crippen LogP contribution >= 0.6 is 11.3 Å². The Labute approximate surface area is 96.0 Å². The molecule has 0 aliphatic rings. The van der Waals surface area contributed by atoms with Gasteiger partial charge in [0.15, 0.2) is 0 Å². The van der Waals surface area contributed by atoms with Crippen LogP contribution in [0.2, 0.25) is 0 Å². The molecule has 0 saturated carbocycles. The summed E-state index contributed by atoms with van der Waals surface area (Å²) in [5.74, 6) is -1.07. The van der Waals surface area contributed by atoms with Gasteiger partial charge < -0.3 is 5.11 Å². The van der Waals surface area contributed by atoms with E-state index in [9.17, 15) is 9.59 Å². The summed E-state index contributed by atoms with van der Waals surface area (Å²) in [6.45, 7) is 0. The molecule has 0 atom stereocenters. The molecule has 1 aromatic carbocycles. The summed E-state index contributed by atoms with van der Waals surface area (Å²) in [4.78, 5) is 23.1. The number of carbonyl (C=O) groups excluding carboxylic acids is 1. The molecule has 0 saturated heterocycles. The summed E-state index contributed by atoms with van der Waals surface area (Å²) in [6.07, 6.45) is 0. The van der Waals surface area contributed by atoms with Gasteiger partial charge in [0, 0.05) is 5.56 Å². The largest absolute Gasteiger partial charge is 0.478 e. The van der Waals surface area contributed by atoms with E-state index in [1.807, 2.05) is 11.4 Å². The molecule has 0 aliphatic heterocycles. The average molecular weight is 232 g/mol. The summed E-state index contributed by atoms with van der Waals surface area (Å²) in [6, 6.07) is 9.49. The lowest BCUT2D eigenvalue weighted by molar-refractivity contribution is 0.0696. The first kappa shape index (κ1) is 10.6. The molecule has 0 amide bonds. The summed E-state index contributed by atoms with van der Waals surface area (Å²) in [7, 11) is 0. The predicted molar refractivity (Wildman–Crippen MR) is 61.2 cm³/mol. The van der Waals surface area contributed by atoms with E-state index in [0.29, 0.717) is 10.4 Å². The van der Waals surface area contributed by atoms with Crippen molar-refractivity contribution in [3.63, 3.8) is 0 Å². The van der Waals surface area contributed by atoms with Crippen molar-refractivity contribution in [1.29, 1.82) is 0 Å². The summed E-state index contributed by atoms with van der Waals surface area (Å²) >= 11 is 1.37. The summed E-state index contributed by atoms with van der Waals surface area (Å²) in [5.41, 5.74) is 0.690. The maximum atomic E-state index is 11.9. The maximum Gasteiger partial charge on any atom is 0.335 e. The SMILES string of the molecule is O=C(O)c1ccc(C(=O)c2cccs2)cc1. The Morgan fingerprint density at radius 3 is 2.12 bits per heavy atom. The molecule has 0 radical (unpaired) electrons.